The molecule has 0 fully saturated rings. The molecule has 0 bridgehead atoms. The Labute approximate surface area is 159 Å². The van der Waals surface area contributed by atoms with Crippen LogP contribution >= 0.6 is 11.8 Å². The Morgan fingerprint density at radius 1 is 1.28 bits per heavy atom. The SMILES string of the molecule is C=C(/C=C\C(NC[C@H](NC)S[C@@H](C)[C@H](CC)C(C)=O)C(C)C)N(C)C. The van der Waals surface area contributed by atoms with Gasteiger partial charge in [0.15, 0.2) is 0 Å². The second-order valence-corrected chi connectivity index (χ2v) is 8.75. The molecule has 0 aliphatic rings. The summed E-state index contributed by atoms with van der Waals surface area (Å²) in [5.74, 6) is 0.910. The van der Waals surface area contributed by atoms with E-state index in [1.807, 2.05) is 37.8 Å². The Kier molecular flexibility index (Phi) is 12.2. The minimum absolute atomic E-state index is 0.130. The highest BCUT2D eigenvalue weighted by molar-refractivity contribution is 8.00. The van der Waals surface area contributed by atoms with Gasteiger partial charge in [0.05, 0.1) is 5.37 Å². The number of hydrogen-bond acceptors (Lipinski definition) is 5. The van der Waals surface area contributed by atoms with Gasteiger partial charge in [-0.3, -0.25) is 4.79 Å². The minimum atomic E-state index is 0.130. The van der Waals surface area contributed by atoms with E-state index in [2.05, 4.69) is 57.1 Å². The summed E-state index contributed by atoms with van der Waals surface area (Å²) in [6.07, 6.45) is 5.17. The van der Waals surface area contributed by atoms with Crippen LogP contribution in [0.15, 0.2) is 24.4 Å². The number of Topliss-reactive ketones (excluding diaryl/α,β-unsaturated/α-hetero) is 1. The number of allylic oxidation sites excluding steroid dienone is 1. The van der Waals surface area contributed by atoms with Gasteiger partial charge in [0, 0.05) is 43.5 Å². The molecule has 0 aliphatic heterocycles. The molecule has 0 heterocycles. The summed E-state index contributed by atoms with van der Waals surface area (Å²) in [6, 6.07) is 0.290. The van der Waals surface area contributed by atoms with Crippen molar-refractivity contribution in [3.63, 3.8) is 0 Å². The van der Waals surface area contributed by atoms with Crippen molar-refractivity contribution < 1.29 is 4.79 Å². The lowest BCUT2D eigenvalue weighted by molar-refractivity contribution is -0.120. The smallest absolute Gasteiger partial charge is 0.133 e. The number of nitrogens with zero attached hydrogens (tertiary/aromatic N) is 1. The zero-order chi connectivity index (χ0) is 19.6. The van der Waals surface area contributed by atoms with Crippen molar-refractivity contribution in [2.45, 2.75) is 57.7 Å². The number of carbonyl (C=O) groups is 1. The fourth-order valence-corrected chi connectivity index (χ4v) is 4.08. The third-order valence-corrected chi connectivity index (χ3v) is 6.05. The summed E-state index contributed by atoms with van der Waals surface area (Å²) in [5.41, 5.74) is 0.993. The molecule has 25 heavy (non-hydrogen) atoms. The van der Waals surface area contributed by atoms with Crippen molar-refractivity contribution in [3.8, 4) is 0 Å². The molecule has 0 amide bonds. The second-order valence-electron chi connectivity index (χ2n) is 7.17. The summed E-state index contributed by atoms with van der Waals surface area (Å²) in [7, 11) is 5.98. The first-order chi connectivity index (χ1) is 11.6. The molecule has 0 aromatic heterocycles. The fraction of sp³-hybridized carbons (Fsp3) is 0.750. The molecule has 2 N–H and O–H groups in total. The van der Waals surface area contributed by atoms with Crippen LogP contribution < -0.4 is 10.6 Å². The Morgan fingerprint density at radius 3 is 2.28 bits per heavy atom. The largest absolute Gasteiger partial charge is 0.378 e. The predicted molar refractivity (Wildman–Crippen MR) is 113 cm³/mol. The van der Waals surface area contributed by atoms with Crippen LogP contribution in [0.5, 0.6) is 0 Å². The van der Waals surface area contributed by atoms with Crippen molar-refractivity contribution in [1.82, 2.24) is 15.5 Å². The van der Waals surface area contributed by atoms with Crippen LogP contribution in [0.25, 0.3) is 0 Å². The number of likely N-dealkylation sites (N-methyl/N-ethyl adjacent to an activating group) is 2. The maximum Gasteiger partial charge on any atom is 0.133 e. The molecular weight excluding hydrogens is 330 g/mol. The van der Waals surface area contributed by atoms with Gasteiger partial charge < -0.3 is 15.5 Å². The van der Waals surface area contributed by atoms with Gasteiger partial charge in [0.25, 0.3) is 0 Å². The molecule has 0 aromatic rings. The Hall–Kier alpha value is -0.780. The van der Waals surface area contributed by atoms with E-state index in [9.17, 15) is 4.79 Å². The van der Waals surface area contributed by atoms with Gasteiger partial charge in [0.1, 0.15) is 5.78 Å². The highest BCUT2D eigenvalue weighted by atomic mass is 32.2. The van der Waals surface area contributed by atoms with Crippen LogP contribution in [0.3, 0.4) is 0 Å². The van der Waals surface area contributed by atoms with Crippen molar-refractivity contribution in [1.29, 1.82) is 0 Å². The fourth-order valence-electron chi connectivity index (χ4n) is 2.65. The van der Waals surface area contributed by atoms with Gasteiger partial charge in [0.2, 0.25) is 0 Å². The van der Waals surface area contributed by atoms with Crippen LogP contribution in [0.4, 0.5) is 0 Å². The van der Waals surface area contributed by atoms with Crippen LogP contribution in [-0.2, 0) is 4.79 Å². The molecule has 0 aliphatic carbocycles. The molecular formula is C20H39N3OS. The Bertz CT molecular complexity index is 435. The molecule has 0 radical (unpaired) electrons. The van der Waals surface area contributed by atoms with Gasteiger partial charge in [-0.15, -0.1) is 11.8 Å². The minimum Gasteiger partial charge on any atom is -0.378 e. The third kappa shape index (κ3) is 9.47. The number of nitrogens with one attached hydrogen (secondary N) is 2. The highest BCUT2D eigenvalue weighted by Crippen LogP contribution is 2.25. The lowest BCUT2D eigenvalue weighted by Crippen LogP contribution is -2.42. The van der Waals surface area contributed by atoms with Crippen molar-refractivity contribution in [2.75, 3.05) is 27.7 Å². The number of rotatable bonds is 13. The topological polar surface area (TPSA) is 44.4 Å². The monoisotopic (exact) mass is 369 g/mol. The summed E-state index contributed by atoms with van der Waals surface area (Å²) in [5, 5.41) is 7.59. The average molecular weight is 370 g/mol. The molecule has 0 rings (SSSR count). The second kappa shape index (κ2) is 12.6. The molecule has 0 spiro atoms. The molecule has 5 heteroatoms. The van der Waals surface area contributed by atoms with E-state index in [0.717, 1.165) is 18.7 Å². The van der Waals surface area contributed by atoms with E-state index in [-0.39, 0.29) is 17.1 Å². The van der Waals surface area contributed by atoms with E-state index in [4.69, 9.17) is 0 Å². The van der Waals surface area contributed by atoms with E-state index < -0.39 is 0 Å². The summed E-state index contributed by atoms with van der Waals surface area (Å²) in [4.78, 5) is 13.8. The molecule has 0 saturated carbocycles. The maximum atomic E-state index is 11.8. The van der Waals surface area contributed by atoms with Crippen molar-refractivity contribution >= 4 is 17.5 Å². The Balaban J connectivity index is 4.72. The standard InChI is InChI=1S/C20H39N3OS/c1-10-18(16(5)24)17(6)25-20(21-7)13-22-19(14(2)3)12-11-15(4)23(8)9/h11-12,14,17-22H,4,10,13H2,1-3,5-9H3/b12-11-/t17-,18+,19?,20+/m0/s1. The lowest BCUT2D eigenvalue weighted by Gasteiger charge is -2.27. The van der Waals surface area contributed by atoms with E-state index in [1.165, 1.54) is 0 Å². The van der Waals surface area contributed by atoms with Crippen LogP contribution in [0.2, 0.25) is 0 Å². The number of thioether (sulfide) groups is 1. The maximum absolute atomic E-state index is 11.8. The lowest BCUT2D eigenvalue weighted by atomic mass is 9.99. The van der Waals surface area contributed by atoms with Crippen LogP contribution in [-0.4, -0.2) is 55.0 Å². The quantitative estimate of drug-likeness (QED) is 0.384. The zero-order valence-electron chi connectivity index (χ0n) is 17.4. The number of hydrogen-bond donors (Lipinski definition) is 2. The molecule has 146 valence electrons. The van der Waals surface area contributed by atoms with Gasteiger partial charge in [-0.1, -0.05) is 40.3 Å². The van der Waals surface area contributed by atoms with Gasteiger partial charge in [-0.2, -0.15) is 0 Å². The van der Waals surface area contributed by atoms with Crippen molar-refractivity contribution in [2.24, 2.45) is 11.8 Å². The molecule has 4 nitrogen and oxygen atoms in total. The zero-order valence-corrected chi connectivity index (χ0v) is 18.2. The average Bonchev–Trinajstić information content (AvgIpc) is 2.52. The molecule has 4 atom stereocenters. The summed E-state index contributed by atoms with van der Waals surface area (Å²) < 4.78 is 0. The third-order valence-electron chi connectivity index (χ3n) is 4.56. The van der Waals surface area contributed by atoms with Crippen LogP contribution in [0.1, 0.15) is 41.0 Å². The normalized spacial score (nSPS) is 16.7. The van der Waals surface area contributed by atoms with E-state index >= 15 is 0 Å². The first-order valence-corrected chi connectivity index (χ1v) is 10.2. The number of ketones is 1. The van der Waals surface area contributed by atoms with Crippen LogP contribution in [0, 0.1) is 11.8 Å². The summed E-state index contributed by atoms with van der Waals surface area (Å²) >= 11 is 1.84. The molecule has 0 aromatic carbocycles. The highest BCUT2D eigenvalue weighted by Gasteiger charge is 2.23. The van der Waals surface area contributed by atoms with Crippen molar-refractivity contribution in [3.05, 3.63) is 24.4 Å². The predicted octanol–water partition coefficient (Wildman–Crippen LogP) is 3.51. The van der Waals surface area contributed by atoms with E-state index in [0.29, 0.717) is 17.2 Å². The first kappa shape index (κ1) is 24.2. The molecule has 1 unspecified atom stereocenters. The van der Waals surface area contributed by atoms with Gasteiger partial charge >= 0.3 is 0 Å². The van der Waals surface area contributed by atoms with Gasteiger partial charge in [-0.25, -0.2) is 0 Å². The number of carbonyl (C=O) groups excluding carboxylic acids is 1. The van der Waals surface area contributed by atoms with E-state index in [1.54, 1.807) is 6.92 Å². The Morgan fingerprint density at radius 2 is 1.88 bits per heavy atom. The van der Waals surface area contributed by atoms with Gasteiger partial charge in [-0.05, 0) is 32.4 Å². The first-order valence-electron chi connectivity index (χ1n) is 9.24. The summed E-state index contributed by atoms with van der Waals surface area (Å²) in [6.45, 7) is 15.3. The molecule has 0 saturated heterocycles.